The van der Waals surface area contributed by atoms with Crippen LogP contribution in [0.4, 0.5) is 0 Å². The fourth-order valence-corrected chi connectivity index (χ4v) is 1.92. The van der Waals surface area contributed by atoms with Crippen LogP contribution in [0.3, 0.4) is 0 Å². The van der Waals surface area contributed by atoms with Gasteiger partial charge in [-0.25, -0.2) is 0 Å². The molecule has 0 fully saturated rings. The molecule has 2 aromatic rings. The van der Waals surface area contributed by atoms with E-state index in [0.717, 1.165) is 11.3 Å². The highest BCUT2D eigenvalue weighted by atomic mass is 14.7. The van der Waals surface area contributed by atoms with Crippen LogP contribution in [0.5, 0.6) is 0 Å². The summed E-state index contributed by atoms with van der Waals surface area (Å²) in [5.74, 6) is 0. The molecule has 0 aliphatic carbocycles. The van der Waals surface area contributed by atoms with E-state index < -0.39 is 0 Å². The minimum Gasteiger partial charge on any atom is -0.256 e. The Labute approximate surface area is 176 Å². The summed E-state index contributed by atoms with van der Waals surface area (Å²) in [4.78, 5) is 4.34. The monoisotopic (exact) mass is 378 g/mol. The molecule has 0 bridgehead atoms. The van der Waals surface area contributed by atoms with Gasteiger partial charge in [-0.1, -0.05) is 116 Å². The normalized spacial score (nSPS) is 9.89. The van der Waals surface area contributed by atoms with Gasteiger partial charge in [-0.05, 0) is 16.9 Å². The maximum atomic E-state index is 4.34. The number of rotatable bonds is 5. The van der Waals surface area contributed by atoms with Crippen LogP contribution in [0.1, 0.15) is 55.4 Å². The lowest BCUT2D eigenvalue weighted by Crippen LogP contribution is -2.27. The molecule has 1 aromatic carbocycles. The van der Waals surface area contributed by atoms with Crippen molar-refractivity contribution in [1.29, 1.82) is 0 Å². The molecule has 0 atom stereocenters. The van der Waals surface area contributed by atoms with E-state index in [9.17, 15) is 0 Å². The molecule has 0 saturated carbocycles. The van der Waals surface area contributed by atoms with Crippen LogP contribution in [0.15, 0.2) is 74.0 Å². The molecule has 1 aromatic heterocycles. The van der Waals surface area contributed by atoms with E-state index in [4.69, 9.17) is 0 Å². The first-order valence-corrected chi connectivity index (χ1v) is 10.4. The van der Waals surface area contributed by atoms with Gasteiger partial charge >= 0.3 is 0 Å². The molecule has 0 spiro atoms. The standard InChI is InChI=1S/C12H11BN.C10H18.2C2H6/c1-13-11-7-8-14-12(9-11)10-5-3-2-4-6-10;1-7-9(3,4)10(5,6)8-2;2*1-2/h2-9H,1H3;7-8H,1-2H2,3-6H3;2*1-2H3. The summed E-state index contributed by atoms with van der Waals surface area (Å²) in [6, 6.07) is 14.3. The molecule has 1 heterocycles. The molecule has 0 N–H and O–H groups in total. The summed E-state index contributed by atoms with van der Waals surface area (Å²) in [5, 5.41) is 0. The van der Waals surface area contributed by atoms with E-state index >= 15 is 0 Å². The van der Waals surface area contributed by atoms with E-state index in [1.807, 2.05) is 77.1 Å². The van der Waals surface area contributed by atoms with Crippen molar-refractivity contribution in [1.82, 2.24) is 4.98 Å². The van der Waals surface area contributed by atoms with Gasteiger partial charge in [0.1, 0.15) is 7.28 Å². The lowest BCUT2D eigenvalue weighted by Gasteiger charge is -2.36. The van der Waals surface area contributed by atoms with Crippen molar-refractivity contribution >= 4 is 12.7 Å². The summed E-state index contributed by atoms with van der Waals surface area (Å²) in [6.07, 6.45) is 5.81. The van der Waals surface area contributed by atoms with Gasteiger partial charge in [0, 0.05) is 11.8 Å². The van der Waals surface area contributed by atoms with Gasteiger partial charge < -0.3 is 0 Å². The quantitative estimate of drug-likeness (QED) is 0.386. The molecule has 153 valence electrons. The average molecular weight is 378 g/mol. The number of benzene rings is 1. The van der Waals surface area contributed by atoms with Crippen molar-refractivity contribution in [3.8, 4) is 11.3 Å². The smallest absolute Gasteiger partial charge is 0.148 e. The Morgan fingerprint density at radius 2 is 1.29 bits per heavy atom. The first-order chi connectivity index (χ1) is 13.3. The predicted molar refractivity (Wildman–Crippen MR) is 132 cm³/mol. The van der Waals surface area contributed by atoms with E-state index in [-0.39, 0.29) is 10.8 Å². The largest absolute Gasteiger partial charge is 0.256 e. The second-order valence-electron chi connectivity index (χ2n) is 6.98. The van der Waals surface area contributed by atoms with Crippen molar-refractivity contribution in [2.75, 3.05) is 0 Å². The Bertz CT molecular complexity index is 639. The third-order valence-corrected chi connectivity index (χ3v) is 4.87. The van der Waals surface area contributed by atoms with Crippen LogP contribution in [0.25, 0.3) is 11.3 Å². The van der Waals surface area contributed by atoms with Gasteiger partial charge in [-0.3, -0.25) is 4.98 Å². The van der Waals surface area contributed by atoms with E-state index in [1.54, 1.807) is 0 Å². The van der Waals surface area contributed by atoms with Crippen LogP contribution < -0.4 is 5.46 Å². The van der Waals surface area contributed by atoms with Crippen LogP contribution in [-0.2, 0) is 0 Å². The average Bonchev–Trinajstić information content (AvgIpc) is 2.77. The van der Waals surface area contributed by atoms with Gasteiger partial charge in [0.05, 0.1) is 5.69 Å². The Balaban J connectivity index is 0. The zero-order chi connectivity index (χ0) is 22.2. The molecule has 2 heteroatoms. The van der Waals surface area contributed by atoms with Crippen molar-refractivity contribution in [2.45, 2.75) is 62.2 Å². The highest BCUT2D eigenvalue weighted by molar-refractivity contribution is 6.52. The van der Waals surface area contributed by atoms with Crippen LogP contribution in [0.2, 0.25) is 6.82 Å². The van der Waals surface area contributed by atoms with Gasteiger partial charge in [0.15, 0.2) is 0 Å². The van der Waals surface area contributed by atoms with Crippen molar-refractivity contribution in [3.05, 3.63) is 74.0 Å². The second kappa shape index (κ2) is 14.9. The third-order valence-electron chi connectivity index (χ3n) is 4.87. The second-order valence-corrected chi connectivity index (χ2v) is 6.98. The zero-order valence-corrected chi connectivity index (χ0v) is 19.7. The molecular weight excluding hydrogens is 337 g/mol. The number of aromatic nitrogens is 1. The van der Waals surface area contributed by atoms with Crippen molar-refractivity contribution < 1.29 is 0 Å². The maximum absolute atomic E-state index is 4.34. The molecule has 2 rings (SSSR count). The fourth-order valence-electron chi connectivity index (χ4n) is 1.92. The van der Waals surface area contributed by atoms with Crippen LogP contribution >= 0.6 is 0 Å². The Hall–Kier alpha value is -2.09. The first-order valence-electron chi connectivity index (χ1n) is 10.4. The molecule has 28 heavy (non-hydrogen) atoms. The zero-order valence-electron chi connectivity index (χ0n) is 19.7. The molecule has 0 amide bonds. The van der Waals surface area contributed by atoms with Crippen molar-refractivity contribution in [3.63, 3.8) is 0 Å². The summed E-state index contributed by atoms with van der Waals surface area (Å²) in [5.41, 5.74) is 3.67. The third kappa shape index (κ3) is 9.22. The lowest BCUT2D eigenvalue weighted by atomic mass is 9.68. The SMILES string of the molecule is C=CC(C)(C)C(C)(C)C=C.CC.CC.C[B]c1ccnc(-c2ccccc2)c1. The molecule has 1 nitrogen and oxygen atoms in total. The predicted octanol–water partition coefficient (Wildman–Crippen LogP) is 7.59. The molecule has 0 unspecified atom stereocenters. The molecule has 0 aliphatic rings. The van der Waals surface area contributed by atoms with Crippen molar-refractivity contribution in [2.24, 2.45) is 10.8 Å². The summed E-state index contributed by atoms with van der Waals surface area (Å²) in [6.45, 7) is 26.3. The number of allylic oxidation sites excluding steroid dienone is 2. The van der Waals surface area contributed by atoms with E-state index in [1.165, 1.54) is 5.46 Å². The highest BCUT2D eigenvalue weighted by Crippen LogP contribution is 2.39. The van der Waals surface area contributed by atoms with E-state index in [0.29, 0.717) is 0 Å². The van der Waals surface area contributed by atoms with Crippen LogP contribution in [0, 0.1) is 10.8 Å². The van der Waals surface area contributed by atoms with Gasteiger partial charge in [0.25, 0.3) is 0 Å². The lowest BCUT2D eigenvalue weighted by molar-refractivity contribution is 0.234. The maximum Gasteiger partial charge on any atom is 0.148 e. The van der Waals surface area contributed by atoms with Gasteiger partial charge in [0.2, 0.25) is 0 Å². The number of pyridine rings is 1. The Morgan fingerprint density at radius 1 is 0.821 bits per heavy atom. The Morgan fingerprint density at radius 3 is 1.68 bits per heavy atom. The first kappa shape index (κ1) is 28.1. The van der Waals surface area contributed by atoms with Gasteiger partial charge in [-0.15, -0.1) is 13.2 Å². The number of nitrogens with zero attached hydrogens (tertiary/aromatic N) is 1. The van der Waals surface area contributed by atoms with Crippen LogP contribution in [-0.4, -0.2) is 12.3 Å². The van der Waals surface area contributed by atoms with E-state index in [2.05, 4.69) is 71.3 Å². The molecule has 0 aliphatic heterocycles. The summed E-state index contributed by atoms with van der Waals surface area (Å²) in [7, 11) is 2.08. The molecule has 1 radical (unpaired) electrons. The summed E-state index contributed by atoms with van der Waals surface area (Å²) < 4.78 is 0. The number of hydrogen-bond acceptors (Lipinski definition) is 1. The van der Waals surface area contributed by atoms with Gasteiger partial charge in [-0.2, -0.15) is 0 Å². The molecule has 0 saturated heterocycles. The summed E-state index contributed by atoms with van der Waals surface area (Å²) >= 11 is 0. The topological polar surface area (TPSA) is 12.9 Å². The minimum atomic E-state index is 0.134. The minimum absolute atomic E-state index is 0.134. The fraction of sp³-hybridized carbons (Fsp3) is 0.423. The Kier molecular flexibility index (Phi) is 15.0. The highest BCUT2D eigenvalue weighted by Gasteiger charge is 2.30. The molecular formula is C26H41BN. The number of hydrogen-bond donors (Lipinski definition) is 0.